The molecule has 0 fully saturated rings. The van der Waals surface area contributed by atoms with Crippen LogP contribution in [-0.4, -0.2) is 25.5 Å². The third-order valence-electron chi connectivity index (χ3n) is 5.41. The standard InChI is InChI=1S/C26H20FN5O2.2C2H6/c1-16(33)34-15-17-4-10-21(11-5-17)32-23-13-19(18-6-8-20(27)9-7-18)14-30-25(23)31-26(32)22-3-2-12-29-24(22)28;2*1-2/h2-14H,15H2,1H3,(H2,28,29);2*1-2H3. The van der Waals surface area contributed by atoms with E-state index in [2.05, 4.69) is 9.97 Å². The highest BCUT2D eigenvalue weighted by atomic mass is 19.1. The smallest absolute Gasteiger partial charge is 0.302 e. The van der Waals surface area contributed by atoms with Gasteiger partial charge in [-0.15, -0.1) is 0 Å². The summed E-state index contributed by atoms with van der Waals surface area (Å²) in [5.41, 5.74) is 11.5. The molecule has 7 nitrogen and oxygen atoms in total. The molecule has 2 N–H and O–H groups in total. The topological polar surface area (TPSA) is 95.9 Å². The lowest BCUT2D eigenvalue weighted by molar-refractivity contribution is -0.142. The van der Waals surface area contributed by atoms with E-state index in [4.69, 9.17) is 15.5 Å². The van der Waals surface area contributed by atoms with Gasteiger partial charge in [-0.2, -0.15) is 0 Å². The lowest BCUT2D eigenvalue weighted by Gasteiger charge is -2.12. The molecule has 0 amide bonds. The molecule has 5 rings (SSSR count). The van der Waals surface area contributed by atoms with Crippen molar-refractivity contribution >= 4 is 23.0 Å². The van der Waals surface area contributed by atoms with Gasteiger partial charge in [-0.3, -0.25) is 9.36 Å². The Morgan fingerprint density at radius 1 is 0.947 bits per heavy atom. The van der Waals surface area contributed by atoms with Gasteiger partial charge in [-0.25, -0.2) is 19.3 Å². The zero-order valence-electron chi connectivity index (χ0n) is 22.3. The molecule has 0 bridgehead atoms. The SMILES string of the molecule is CC.CC.CC(=O)OCc1ccc(-n2c(-c3cccnc3N)nc3ncc(-c4ccc(F)cc4)cc32)cc1. The van der Waals surface area contributed by atoms with Crippen molar-refractivity contribution < 1.29 is 13.9 Å². The fraction of sp³-hybridized carbons (Fsp3) is 0.200. The maximum absolute atomic E-state index is 13.4. The second kappa shape index (κ2) is 13.1. The summed E-state index contributed by atoms with van der Waals surface area (Å²) in [5.74, 6) is 0.311. The van der Waals surface area contributed by atoms with E-state index in [9.17, 15) is 9.18 Å². The van der Waals surface area contributed by atoms with Gasteiger partial charge in [0.1, 0.15) is 18.2 Å². The van der Waals surface area contributed by atoms with Crippen LogP contribution in [0.2, 0.25) is 0 Å². The van der Waals surface area contributed by atoms with Crippen LogP contribution in [0.3, 0.4) is 0 Å². The number of nitrogens with zero attached hydrogens (tertiary/aromatic N) is 4. The summed E-state index contributed by atoms with van der Waals surface area (Å²) in [6.45, 7) is 9.57. The van der Waals surface area contributed by atoms with E-state index in [1.807, 2.05) is 68.7 Å². The van der Waals surface area contributed by atoms with E-state index < -0.39 is 0 Å². The first-order valence-corrected chi connectivity index (χ1v) is 12.6. The number of pyridine rings is 2. The van der Waals surface area contributed by atoms with Crippen LogP contribution in [-0.2, 0) is 16.1 Å². The largest absolute Gasteiger partial charge is 0.461 e. The number of ether oxygens (including phenoxy) is 1. The number of halogens is 1. The van der Waals surface area contributed by atoms with Gasteiger partial charge in [-0.05, 0) is 53.6 Å². The number of benzene rings is 2. The second-order valence-corrected chi connectivity index (χ2v) is 7.73. The number of aromatic nitrogens is 4. The highest BCUT2D eigenvalue weighted by Crippen LogP contribution is 2.32. The highest BCUT2D eigenvalue weighted by Gasteiger charge is 2.18. The summed E-state index contributed by atoms with van der Waals surface area (Å²) < 4.78 is 20.5. The van der Waals surface area contributed by atoms with Crippen molar-refractivity contribution in [3.63, 3.8) is 0 Å². The molecule has 0 saturated carbocycles. The quantitative estimate of drug-likeness (QED) is 0.255. The molecule has 0 saturated heterocycles. The zero-order valence-corrected chi connectivity index (χ0v) is 22.3. The van der Waals surface area contributed by atoms with Crippen molar-refractivity contribution in [2.75, 3.05) is 5.73 Å². The van der Waals surface area contributed by atoms with E-state index in [-0.39, 0.29) is 18.4 Å². The van der Waals surface area contributed by atoms with E-state index in [1.54, 1.807) is 30.6 Å². The first-order chi connectivity index (χ1) is 18.5. The molecule has 2 aromatic carbocycles. The molecule has 5 aromatic rings. The molecule has 0 aliphatic heterocycles. The van der Waals surface area contributed by atoms with Gasteiger partial charge in [0, 0.05) is 30.6 Å². The summed E-state index contributed by atoms with van der Waals surface area (Å²) in [4.78, 5) is 24.7. The fourth-order valence-corrected chi connectivity index (χ4v) is 3.74. The zero-order chi connectivity index (χ0) is 27.7. The molecule has 8 heteroatoms. The van der Waals surface area contributed by atoms with E-state index in [0.717, 1.165) is 27.9 Å². The number of carbonyl (C=O) groups excluding carboxylic acids is 1. The van der Waals surface area contributed by atoms with Crippen LogP contribution in [0.5, 0.6) is 0 Å². The van der Waals surface area contributed by atoms with Crippen molar-refractivity contribution in [3.05, 3.63) is 90.5 Å². The van der Waals surface area contributed by atoms with Crippen LogP contribution < -0.4 is 5.73 Å². The lowest BCUT2D eigenvalue weighted by Crippen LogP contribution is -2.02. The molecule has 0 atom stereocenters. The Morgan fingerprint density at radius 2 is 1.63 bits per heavy atom. The number of anilines is 1. The minimum absolute atomic E-state index is 0.193. The van der Waals surface area contributed by atoms with Gasteiger partial charge < -0.3 is 10.5 Å². The molecule has 0 radical (unpaired) electrons. The van der Waals surface area contributed by atoms with Gasteiger partial charge in [0.05, 0.1) is 11.1 Å². The molecule has 0 aliphatic rings. The number of carbonyl (C=O) groups is 1. The minimum Gasteiger partial charge on any atom is -0.461 e. The monoisotopic (exact) mass is 513 g/mol. The van der Waals surface area contributed by atoms with Gasteiger partial charge in [0.25, 0.3) is 0 Å². The average molecular weight is 514 g/mol. The molecule has 0 unspecified atom stereocenters. The van der Waals surface area contributed by atoms with Gasteiger partial charge in [-0.1, -0.05) is 52.0 Å². The van der Waals surface area contributed by atoms with Crippen molar-refractivity contribution in [1.29, 1.82) is 0 Å². The number of hydrogen-bond donors (Lipinski definition) is 1. The van der Waals surface area contributed by atoms with E-state index in [0.29, 0.717) is 22.9 Å². The maximum atomic E-state index is 13.4. The van der Waals surface area contributed by atoms with Crippen LogP contribution >= 0.6 is 0 Å². The van der Waals surface area contributed by atoms with E-state index in [1.165, 1.54) is 19.1 Å². The number of esters is 1. The summed E-state index contributed by atoms with van der Waals surface area (Å²) in [6.07, 6.45) is 3.34. The molecule has 0 aliphatic carbocycles. The Hall–Kier alpha value is -4.59. The van der Waals surface area contributed by atoms with Crippen LogP contribution in [0.15, 0.2) is 79.1 Å². The number of imidazole rings is 1. The lowest BCUT2D eigenvalue weighted by atomic mass is 10.1. The number of rotatable bonds is 5. The Balaban J connectivity index is 0.000000956. The molecule has 3 aromatic heterocycles. The Morgan fingerprint density at radius 3 is 2.26 bits per heavy atom. The Bertz CT molecular complexity index is 1500. The second-order valence-electron chi connectivity index (χ2n) is 7.73. The molecule has 38 heavy (non-hydrogen) atoms. The molecule has 3 heterocycles. The normalized spacial score (nSPS) is 10.2. The number of nitrogens with two attached hydrogens (primary N) is 1. The fourth-order valence-electron chi connectivity index (χ4n) is 3.74. The predicted octanol–water partition coefficient (Wildman–Crippen LogP) is 6.99. The summed E-state index contributed by atoms with van der Waals surface area (Å²) in [6, 6.07) is 19.5. The first kappa shape index (κ1) is 28.0. The van der Waals surface area contributed by atoms with Crippen LogP contribution in [0.4, 0.5) is 10.2 Å². The minimum atomic E-state index is -0.335. The predicted molar refractivity (Wildman–Crippen MR) is 150 cm³/mol. The molecular weight excluding hydrogens is 481 g/mol. The van der Waals surface area contributed by atoms with Gasteiger partial charge in [0.2, 0.25) is 0 Å². The summed E-state index contributed by atoms with van der Waals surface area (Å²) >= 11 is 0. The third kappa shape index (κ3) is 6.21. The maximum Gasteiger partial charge on any atom is 0.302 e. The van der Waals surface area contributed by atoms with Crippen molar-refractivity contribution in [3.8, 4) is 28.2 Å². The van der Waals surface area contributed by atoms with Gasteiger partial charge in [0.15, 0.2) is 11.5 Å². The third-order valence-corrected chi connectivity index (χ3v) is 5.41. The van der Waals surface area contributed by atoms with Crippen molar-refractivity contribution in [1.82, 2.24) is 19.5 Å². The van der Waals surface area contributed by atoms with Gasteiger partial charge >= 0.3 is 5.97 Å². The Kier molecular flexibility index (Phi) is 9.65. The van der Waals surface area contributed by atoms with Crippen molar-refractivity contribution in [2.24, 2.45) is 0 Å². The molecule has 0 spiro atoms. The van der Waals surface area contributed by atoms with Crippen LogP contribution in [0.1, 0.15) is 40.2 Å². The van der Waals surface area contributed by atoms with Crippen LogP contribution in [0.25, 0.3) is 39.4 Å². The number of fused-ring (bicyclic) bond motifs is 1. The molecule has 196 valence electrons. The Labute approximate surface area is 222 Å². The summed E-state index contributed by atoms with van der Waals surface area (Å²) in [5, 5.41) is 0. The van der Waals surface area contributed by atoms with Crippen LogP contribution in [0, 0.1) is 5.82 Å². The van der Waals surface area contributed by atoms with Crippen molar-refractivity contribution in [2.45, 2.75) is 41.2 Å². The average Bonchev–Trinajstić information content (AvgIpc) is 3.33. The molecular formula is C30H32FN5O2. The number of nitrogen functional groups attached to an aromatic ring is 1. The number of hydrogen-bond acceptors (Lipinski definition) is 6. The highest BCUT2D eigenvalue weighted by molar-refractivity contribution is 5.86. The summed E-state index contributed by atoms with van der Waals surface area (Å²) in [7, 11) is 0. The van der Waals surface area contributed by atoms with E-state index >= 15 is 0 Å². The first-order valence-electron chi connectivity index (χ1n) is 12.6.